The van der Waals surface area contributed by atoms with Gasteiger partial charge in [-0.3, -0.25) is 4.79 Å². The summed E-state index contributed by atoms with van der Waals surface area (Å²) in [5, 5.41) is 12.8. The number of aromatic nitrogens is 2. The first-order valence-electron chi connectivity index (χ1n) is 6.87. The Morgan fingerprint density at radius 1 is 1.27 bits per heavy atom. The molecule has 0 bridgehead atoms. The minimum absolute atomic E-state index is 0.0763. The van der Waals surface area contributed by atoms with Gasteiger partial charge in [0.2, 0.25) is 11.0 Å². The predicted molar refractivity (Wildman–Crippen MR) is 88.6 cm³/mol. The van der Waals surface area contributed by atoms with Crippen molar-refractivity contribution < 1.29 is 9.53 Å². The average molecular weight is 340 g/mol. The molecule has 118 valence electrons. The molecule has 2 aromatic rings. The maximum Gasteiger partial charge on any atom is 0.231 e. The van der Waals surface area contributed by atoms with E-state index in [0.29, 0.717) is 23.2 Å². The van der Waals surface area contributed by atoms with Crippen LogP contribution in [-0.2, 0) is 11.2 Å². The third-order valence-corrected chi connectivity index (χ3v) is 3.92. The van der Waals surface area contributed by atoms with Gasteiger partial charge < -0.3 is 10.1 Å². The van der Waals surface area contributed by atoms with Gasteiger partial charge in [0.1, 0.15) is 10.8 Å². The molecule has 0 spiro atoms. The monoisotopic (exact) mass is 339 g/mol. The van der Waals surface area contributed by atoms with E-state index in [9.17, 15) is 4.79 Å². The Morgan fingerprint density at radius 3 is 2.59 bits per heavy atom. The molecule has 0 radical (unpaired) electrons. The Hall–Kier alpha value is -1.66. The molecule has 0 aliphatic heterocycles. The lowest BCUT2D eigenvalue weighted by Crippen LogP contribution is -2.27. The fraction of sp³-hybridized carbons (Fsp3) is 0.400. The maximum atomic E-state index is 11.9. The topological polar surface area (TPSA) is 64.1 Å². The molecule has 1 aromatic heterocycles. The minimum Gasteiger partial charge on any atom is -0.493 e. The fourth-order valence-corrected chi connectivity index (χ4v) is 2.32. The first-order chi connectivity index (χ1) is 10.3. The molecule has 0 saturated heterocycles. The summed E-state index contributed by atoms with van der Waals surface area (Å²) in [4.78, 5) is 11.9. The number of halogens is 1. The zero-order valence-electron chi connectivity index (χ0n) is 12.7. The van der Waals surface area contributed by atoms with E-state index >= 15 is 0 Å². The second kappa shape index (κ2) is 7.07. The summed E-state index contributed by atoms with van der Waals surface area (Å²) in [6, 6.07) is 7.19. The normalized spacial score (nSPS) is 11.3. The van der Waals surface area contributed by atoms with Gasteiger partial charge in [0.05, 0.1) is 6.61 Å². The number of carbonyl (C=O) groups is 1. The van der Waals surface area contributed by atoms with Crippen LogP contribution in [0.25, 0.3) is 0 Å². The lowest BCUT2D eigenvalue weighted by Gasteiger charge is -2.15. The van der Waals surface area contributed by atoms with Gasteiger partial charge in [0, 0.05) is 16.9 Å². The molecule has 0 fully saturated rings. The van der Waals surface area contributed by atoms with Crippen LogP contribution in [0.2, 0.25) is 5.02 Å². The number of ether oxygens (including phenoxy) is 1. The van der Waals surface area contributed by atoms with E-state index in [1.807, 2.05) is 32.9 Å². The molecular formula is C15H18ClN3O2S. The van der Waals surface area contributed by atoms with Crippen molar-refractivity contribution in [1.82, 2.24) is 10.2 Å². The van der Waals surface area contributed by atoms with Crippen LogP contribution in [0.5, 0.6) is 5.75 Å². The number of hydrogen-bond donors (Lipinski definition) is 1. The third-order valence-electron chi connectivity index (χ3n) is 2.77. The molecule has 22 heavy (non-hydrogen) atoms. The molecule has 0 aliphatic carbocycles. The van der Waals surface area contributed by atoms with Crippen molar-refractivity contribution in [2.24, 2.45) is 5.41 Å². The summed E-state index contributed by atoms with van der Waals surface area (Å²) in [6.45, 7) is 6.04. The molecule has 7 heteroatoms. The zero-order chi connectivity index (χ0) is 16.2. The van der Waals surface area contributed by atoms with Crippen LogP contribution in [0.3, 0.4) is 0 Å². The van der Waals surface area contributed by atoms with Gasteiger partial charge in [0.25, 0.3) is 0 Å². The van der Waals surface area contributed by atoms with Crippen LogP contribution >= 0.6 is 22.9 Å². The van der Waals surface area contributed by atoms with Crippen LogP contribution in [0.15, 0.2) is 24.3 Å². The highest BCUT2D eigenvalue weighted by molar-refractivity contribution is 7.15. The van der Waals surface area contributed by atoms with E-state index in [0.717, 1.165) is 10.8 Å². The van der Waals surface area contributed by atoms with E-state index < -0.39 is 5.41 Å². The fourth-order valence-electron chi connectivity index (χ4n) is 1.48. The highest BCUT2D eigenvalue weighted by Crippen LogP contribution is 2.21. The highest BCUT2D eigenvalue weighted by Gasteiger charge is 2.22. The van der Waals surface area contributed by atoms with E-state index in [4.69, 9.17) is 16.3 Å². The van der Waals surface area contributed by atoms with Gasteiger partial charge in [-0.1, -0.05) is 43.7 Å². The van der Waals surface area contributed by atoms with Gasteiger partial charge in [-0.2, -0.15) is 0 Å². The summed E-state index contributed by atoms with van der Waals surface area (Å²) in [7, 11) is 0. The van der Waals surface area contributed by atoms with Gasteiger partial charge in [0.15, 0.2) is 0 Å². The second-order valence-electron chi connectivity index (χ2n) is 5.76. The molecule has 0 unspecified atom stereocenters. The van der Waals surface area contributed by atoms with Crippen LogP contribution in [0.1, 0.15) is 25.8 Å². The lowest BCUT2D eigenvalue weighted by molar-refractivity contribution is -0.123. The number of carbonyl (C=O) groups excluding carboxylic acids is 1. The predicted octanol–water partition coefficient (Wildman–Crippen LogP) is 3.80. The van der Waals surface area contributed by atoms with Crippen LogP contribution in [0, 0.1) is 5.41 Å². The van der Waals surface area contributed by atoms with E-state index in [2.05, 4.69) is 15.5 Å². The molecule has 0 aliphatic rings. The molecule has 0 atom stereocenters. The zero-order valence-corrected chi connectivity index (χ0v) is 14.3. The largest absolute Gasteiger partial charge is 0.493 e. The summed E-state index contributed by atoms with van der Waals surface area (Å²) < 4.78 is 5.60. The van der Waals surface area contributed by atoms with Crippen molar-refractivity contribution in [3.63, 3.8) is 0 Å². The number of amides is 1. The quantitative estimate of drug-likeness (QED) is 0.900. The first kappa shape index (κ1) is 16.7. The Morgan fingerprint density at radius 2 is 1.95 bits per heavy atom. The van der Waals surface area contributed by atoms with Crippen molar-refractivity contribution >= 4 is 34.0 Å². The summed E-state index contributed by atoms with van der Waals surface area (Å²) >= 11 is 7.17. The Kier molecular flexibility index (Phi) is 5.37. The smallest absolute Gasteiger partial charge is 0.231 e. The van der Waals surface area contributed by atoms with E-state index in [1.165, 1.54) is 11.3 Å². The standard InChI is InChI=1S/C15H18ClN3O2S/c1-15(2,3)13(20)17-14-19-18-12(22-14)8-9-21-11-6-4-10(16)5-7-11/h4-7H,8-9H2,1-3H3,(H,17,19,20). The molecular weight excluding hydrogens is 322 g/mol. The van der Waals surface area contributed by atoms with Crippen molar-refractivity contribution in [1.29, 1.82) is 0 Å². The van der Waals surface area contributed by atoms with Gasteiger partial charge in [-0.05, 0) is 24.3 Å². The Labute approximate surface area is 138 Å². The number of nitrogens with zero attached hydrogens (tertiary/aromatic N) is 2. The molecule has 5 nitrogen and oxygen atoms in total. The summed E-state index contributed by atoms with van der Waals surface area (Å²) in [5.41, 5.74) is -0.455. The Balaban J connectivity index is 1.82. The molecule has 1 aromatic carbocycles. The van der Waals surface area contributed by atoms with Crippen LogP contribution in [-0.4, -0.2) is 22.7 Å². The molecule has 1 heterocycles. The minimum atomic E-state index is -0.455. The van der Waals surface area contributed by atoms with Crippen LogP contribution < -0.4 is 10.1 Å². The number of benzene rings is 1. The average Bonchev–Trinajstić information content (AvgIpc) is 2.87. The van der Waals surface area contributed by atoms with Crippen molar-refractivity contribution in [2.75, 3.05) is 11.9 Å². The number of hydrogen-bond acceptors (Lipinski definition) is 5. The third kappa shape index (κ3) is 4.96. The van der Waals surface area contributed by atoms with E-state index in [1.54, 1.807) is 12.1 Å². The first-order valence-corrected chi connectivity index (χ1v) is 8.06. The summed E-state index contributed by atoms with van der Waals surface area (Å²) in [6.07, 6.45) is 0.631. The van der Waals surface area contributed by atoms with Crippen molar-refractivity contribution in [3.8, 4) is 5.75 Å². The number of anilines is 1. The van der Waals surface area contributed by atoms with Gasteiger partial charge in [-0.25, -0.2) is 0 Å². The molecule has 2 rings (SSSR count). The van der Waals surface area contributed by atoms with E-state index in [-0.39, 0.29) is 5.91 Å². The molecule has 1 amide bonds. The van der Waals surface area contributed by atoms with Gasteiger partial charge in [-0.15, -0.1) is 10.2 Å². The summed E-state index contributed by atoms with van der Waals surface area (Å²) in [5.74, 6) is 0.683. The van der Waals surface area contributed by atoms with Crippen molar-refractivity contribution in [2.45, 2.75) is 27.2 Å². The van der Waals surface area contributed by atoms with Crippen molar-refractivity contribution in [3.05, 3.63) is 34.3 Å². The SMILES string of the molecule is CC(C)(C)C(=O)Nc1nnc(CCOc2ccc(Cl)cc2)s1. The highest BCUT2D eigenvalue weighted by atomic mass is 35.5. The lowest BCUT2D eigenvalue weighted by atomic mass is 9.96. The molecule has 0 saturated carbocycles. The van der Waals surface area contributed by atoms with Gasteiger partial charge >= 0.3 is 0 Å². The number of rotatable bonds is 5. The van der Waals surface area contributed by atoms with Crippen LogP contribution in [0.4, 0.5) is 5.13 Å². The maximum absolute atomic E-state index is 11.9. The Bertz CT molecular complexity index is 635. The second-order valence-corrected chi connectivity index (χ2v) is 7.26. The number of nitrogens with one attached hydrogen (secondary N) is 1. The molecule has 1 N–H and O–H groups in total.